The lowest BCUT2D eigenvalue weighted by Crippen LogP contribution is -2.23. The van der Waals surface area contributed by atoms with Crippen molar-refractivity contribution < 1.29 is 5.11 Å². The first kappa shape index (κ1) is 14.6. The van der Waals surface area contributed by atoms with Crippen molar-refractivity contribution >= 4 is 0 Å². The standard InChI is InChI=1S/C18H28O/c1-14-12-13-16(18(14,2)3)10-7-11-17(19)15-8-5-4-6-9-15/h4-6,8-9,14,16-17,19H,7,10-13H2,1-3H3. The van der Waals surface area contributed by atoms with Gasteiger partial charge in [0.15, 0.2) is 0 Å². The second kappa shape index (κ2) is 6.09. The maximum absolute atomic E-state index is 10.2. The Bertz CT molecular complexity index is 382. The van der Waals surface area contributed by atoms with Crippen molar-refractivity contribution in [3.8, 4) is 0 Å². The van der Waals surface area contributed by atoms with Crippen molar-refractivity contribution in [3.05, 3.63) is 35.9 Å². The van der Waals surface area contributed by atoms with E-state index in [1.807, 2.05) is 30.3 Å². The quantitative estimate of drug-likeness (QED) is 0.793. The summed E-state index contributed by atoms with van der Waals surface area (Å²) in [5, 5.41) is 10.2. The highest BCUT2D eigenvalue weighted by atomic mass is 16.3. The van der Waals surface area contributed by atoms with Crippen LogP contribution in [0.2, 0.25) is 0 Å². The summed E-state index contributed by atoms with van der Waals surface area (Å²) in [7, 11) is 0. The molecule has 0 aliphatic heterocycles. The van der Waals surface area contributed by atoms with Crippen LogP contribution in [0.1, 0.15) is 64.5 Å². The molecule has 3 unspecified atom stereocenters. The van der Waals surface area contributed by atoms with Crippen molar-refractivity contribution in [1.82, 2.24) is 0 Å². The summed E-state index contributed by atoms with van der Waals surface area (Å²) >= 11 is 0. The number of hydrogen-bond acceptors (Lipinski definition) is 1. The predicted molar refractivity (Wildman–Crippen MR) is 80.9 cm³/mol. The van der Waals surface area contributed by atoms with E-state index in [9.17, 15) is 5.11 Å². The Morgan fingerprint density at radius 3 is 2.47 bits per heavy atom. The predicted octanol–water partition coefficient (Wildman–Crippen LogP) is 4.96. The van der Waals surface area contributed by atoms with Crippen LogP contribution in [0.25, 0.3) is 0 Å². The Morgan fingerprint density at radius 1 is 1.21 bits per heavy atom. The van der Waals surface area contributed by atoms with E-state index in [0.29, 0.717) is 5.41 Å². The first-order valence-corrected chi connectivity index (χ1v) is 7.75. The van der Waals surface area contributed by atoms with E-state index >= 15 is 0 Å². The van der Waals surface area contributed by atoms with Gasteiger partial charge in [-0.25, -0.2) is 0 Å². The van der Waals surface area contributed by atoms with E-state index in [4.69, 9.17) is 0 Å². The molecule has 2 rings (SSSR count). The van der Waals surface area contributed by atoms with Crippen LogP contribution < -0.4 is 0 Å². The van der Waals surface area contributed by atoms with Crippen molar-refractivity contribution in [1.29, 1.82) is 0 Å². The Kier molecular flexibility index (Phi) is 4.67. The Labute approximate surface area is 118 Å². The van der Waals surface area contributed by atoms with E-state index in [1.54, 1.807) is 0 Å². The highest BCUT2D eigenvalue weighted by Gasteiger charge is 2.39. The third-order valence-electron chi connectivity index (χ3n) is 5.48. The molecule has 106 valence electrons. The molecule has 0 radical (unpaired) electrons. The van der Waals surface area contributed by atoms with Gasteiger partial charge in [-0.05, 0) is 48.5 Å². The molecule has 1 aromatic rings. The minimum absolute atomic E-state index is 0.289. The number of benzene rings is 1. The highest BCUT2D eigenvalue weighted by Crippen LogP contribution is 2.49. The van der Waals surface area contributed by atoms with Gasteiger partial charge in [0, 0.05) is 0 Å². The molecule has 1 saturated carbocycles. The SMILES string of the molecule is CC1CCC(CCCC(O)c2ccccc2)C1(C)C. The number of hydrogen-bond donors (Lipinski definition) is 1. The van der Waals surface area contributed by atoms with E-state index in [1.165, 1.54) is 19.3 Å². The van der Waals surface area contributed by atoms with E-state index in [-0.39, 0.29) is 6.10 Å². The third kappa shape index (κ3) is 3.39. The lowest BCUT2D eigenvalue weighted by Gasteiger charge is -2.31. The summed E-state index contributed by atoms with van der Waals surface area (Å²) < 4.78 is 0. The minimum atomic E-state index is -0.289. The van der Waals surface area contributed by atoms with Gasteiger partial charge < -0.3 is 5.11 Å². The van der Waals surface area contributed by atoms with E-state index in [2.05, 4.69) is 20.8 Å². The van der Waals surface area contributed by atoms with Crippen molar-refractivity contribution in [3.63, 3.8) is 0 Å². The van der Waals surface area contributed by atoms with Gasteiger partial charge in [0.2, 0.25) is 0 Å². The highest BCUT2D eigenvalue weighted by molar-refractivity contribution is 5.17. The van der Waals surface area contributed by atoms with Crippen LogP contribution in [0.15, 0.2) is 30.3 Å². The number of aliphatic hydroxyl groups is 1. The van der Waals surface area contributed by atoms with Gasteiger partial charge in [0.1, 0.15) is 0 Å². The third-order valence-corrected chi connectivity index (χ3v) is 5.48. The summed E-state index contributed by atoms with van der Waals surface area (Å²) in [5.74, 6) is 1.68. The molecule has 0 bridgehead atoms. The van der Waals surface area contributed by atoms with Gasteiger partial charge in [-0.2, -0.15) is 0 Å². The van der Waals surface area contributed by atoms with E-state index < -0.39 is 0 Å². The normalized spacial score (nSPS) is 27.4. The first-order chi connectivity index (χ1) is 9.01. The lowest BCUT2D eigenvalue weighted by molar-refractivity contribution is 0.146. The van der Waals surface area contributed by atoms with Gasteiger partial charge in [-0.15, -0.1) is 0 Å². The van der Waals surface area contributed by atoms with Crippen LogP contribution in [0.4, 0.5) is 0 Å². The Morgan fingerprint density at radius 2 is 1.89 bits per heavy atom. The van der Waals surface area contributed by atoms with Crippen LogP contribution in [-0.2, 0) is 0 Å². The average molecular weight is 260 g/mol. The molecule has 1 nitrogen and oxygen atoms in total. The monoisotopic (exact) mass is 260 g/mol. The zero-order chi connectivity index (χ0) is 13.9. The van der Waals surface area contributed by atoms with Gasteiger partial charge in [0.25, 0.3) is 0 Å². The largest absolute Gasteiger partial charge is 0.388 e. The Balaban J connectivity index is 1.78. The minimum Gasteiger partial charge on any atom is -0.388 e. The molecule has 1 aliphatic rings. The molecule has 3 atom stereocenters. The average Bonchev–Trinajstić information content (AvgIpc) is 2.66. The van der Waals surface area contributed by atoms with Crippen molar-refractivity contribution in [2.24, 2.45) is 17.3 Å². The van der Waals surface area contributed by atoms with Gasteiger partial charge in [-0.1, -0.05) is 57.5 Å². The summed E-state index contributed by atoms with van der Waals surface area (Å²) in [5.41, 5.74) is 1.54. The molecule has 1 aromatic carbocycles. The summed E-state index contributed by atoms with van der Waals surface area (Å²) in [6.07, 6.45) is 5.75. The number of aliphatic hydroxyl groups excluding tert-OH is 1. The van der Waals surface area contributed by atoms with Crippen molar-refractivity contribution in [2.45, 2.75) is 59.0 Å². The fourth-order valence-electron chi connectivity index (χ4n) is 3.51. The van der Waals surface area contributed by atoms with Gasteiger partial charge >= 0.3 is 0 Å². The second-order valence-corrected chi connectivity index (χ2v) is 6.85. The van der Waals surface area contributed by atoms with Crippen LogP contribution in [-0.4, -0.2) is 5.11 Å². The van der Waals surface area contributed by atoms with Crippen LogP contribution >= 0.6 is 0 Å². The molecular formula is C18H28O. The molecule has 1 N–H and O–H groups in total. The number of rotatable bonds is 5. The smallest absolute Gasteiger partial charge is 0.0790 e. The zero-order valence-corrected chi connectivity index (χ0v) is 12.6. The molecule has 0 aromatic heterocycles. The topological polar surface area (TPSA) is 20.2 Å². The molecule has 0 spiro atoms. The maximum atomic E-state index is 10.2. The fourth-order valence-corrected chi connectivity index (χ4v) is 3.51. The van der Waals surface area contributed by atoms with E-state index in [0.717, 1.165) is 30.2 Å². The molecule has 1 aliphatic carbocycles. The molecule has 0 amide bonds. The maximum Gasteiger partial charge on any atom is 0.0790 e. The molecule has 1 heteroatoms. The van der Waals surface area contributed by atoms with Crippen LogP contribution in [0, 0.1) is 17.3 Å². The van der Waals surface area contributed by atoms with Crippen LogP contribution in [0.5, 0.6) is 0 Å². The summed E-state index contributed by atoms with van der Waals surface area (Å²) in [6.45, 7) is 7.23. The Hall–Kier alpha value is -0.820. The summed E-state index contributed by atoms with van der Waals surface area (Å²) in [6, 6.07) is 10.0. The molecule has 19 heavy (non-hydrogen) atoms. The lowest BCUT2D eigenvalue weighted by atomic mass is 9.74. The second-order valence-electron chi connectivity index (χ2n) is 6.85. The van der Waals surface area contributed by atoms with Gasteiger partial charge in [-0.3, -0.25) is 0 Å². The molecule has 0 saturated heterocycles. The van der Waals surface area contributed by atoms with Crippen LogP contribution in [0.3, 0.4) is 0 Å². The first-order valence-electron chi connectivity index (χ1n) is 7.75. The molecular weight excluding hydrogens is 232 g/mol. The molecule has 0 heterocycles. The van der Waals surface area contributed by atoms with Gasteiger partial charge in [0.05, 0.1) is 6.10 Å². The summed E-state index contributed by atoms with van der Waals surface area (Å²) in [4.78, 5) is 0. The zero-order valence-electron chi connectivity index (χ0n) is 12.6. The molecule has 1 fully saturated rings. The van der Waals surface area contributed by atoms with Crippen molar-refractivity contribution in [2.75, 3.05) is 0 Å². The fraction of sp³-hybridized carbons (Fsp3) is 0.667.